The highest BCUT2D eigenvalue weighted by atomic mass is 127. The van der Waals surface area contributed by atoms with Crippen molar-refractivity contribution in [2.45, 2.75) is 0 Å². The number of nitrogens with zero attached hydrogens (tertiary/aromatic N) is 2. The zero-order valence-electron chi connectivity index (χ0n) is 9.10. The van der Waals surface area contributed by atoms with E-state index in [-0.39, 0.29) is 14.6 Å². The molecule has 0 radical (unpaired) electrons. The van der Waals surface area contributed by atoms with Crippen molar-refractivity contribution < 1.29 is 9.85 Å². The van der Waals surface area contributed by atoms with E-state index < -0.39 is 37.4 Å². The maximum atomic E-state index is 11.3. The molecule has 20 heavy (non-hydrogen) atoms. The second kappa shape index (κ2) is 4.82. The lowest BCUT2D eigenvalue weighted by molar-refractivity contribution is -0.393. The molecule has 0 aliphatic rings. The molecule has 1 heterocycles. The minimum absolute atomic E-state index is 0.119. The first-order valence-electron chi connectivity index (χ1n) is 4.71. The van der Waals surface area contributed by atoms with Gasteiger partial charge in [-0.2, -0.15) is 0 Å². The number of benzene rings is 1. The van der Waals surface area contributed by atoms with E-state index in [1.165, 1.54) is 22.6 Å². The Bertz CT molecular complexity index is 887. The second-order valence-electron chi connectivity index (χ2n) is 3.50. The van der Waals surface area contributed by atoms with Gasteiger partial charge in [-0.3, -0.25) is 29.8 Å². The van der Waals surface area contributed by atoms with Crippen molar-refractivity contribution >= 4 is 56.6 Å². The van der Waals surface area contributed by atoms with Gasteiger partial charge in [-0.1, -0.05) is 11.6 Å². The molecule has 2 aromatic rings. The van der Waals surface area contributed by atoms with Gasteiger partial charge < -0.3 is 9.97 Å². The average Bonchev–Trinajstić information content (AvgIpc) is 2.31. The maximum absolute atomic E-state index is 11.3. The molecular formula is C8H2ClIN4O6. The summed E-state index contributed by atoms with van der Waals surface area (Å²) in [5.41, 5.74) is -4.36. The first kappa shape index (κ1) is 14.4. The largest absolute Gasteiger partial charge is 0.320 e. The van der Waals surface area contributed by atoms with Crippen LogP contribution in [0.4, 0.5) is 11.4 Å². The summed E-state index contributed by atoms with van der Waals surface area (Å²) in [5.74, 6) is 0. The van der Waals surface area contributed by atoms with Gasteiger partial charge in [-0.05, 0) is 22.6 Å². The van der Waals surface area contributed by atoms with E-state index in [2.05, 4.69) is 4.98 Å². The minimum Gasteiger partial charge on any atom is -0.315 e. The third kappa shape index (κ3) is 2.03. The molecule has 0 fully saturated rings. The van der Waals surface area contributed by atoms with Crippen molar-refractivity contribution in [3.05, 3.63) is 49.5 Å². The van der Waals surface area contributed by atoms with Crippen LogP contribution in [0.15, 0.2) is 9.59 Å². The van der Waals surface area contributed by atoms with Gasteiger partial charge in [0.1, 0.15) is 9.09 Å². The molecule has 0 spiro atoms. The predicted molar refractivity (Wildman–Crippen MR) is 76.2 cm³/mol. The fraction of sp³-hybridized carbons (Fsp3) is 0. The first-order chi connectivity index (χ1) is 9.25. The molecule has 0 amide bonds. The number of aromatic amines is 2. The van der Waals surface area contributed by atoms with Crippen LogP contribution in [0.5, 0.6) is 0 Å². The zero-order valence-corrected chi connectivity index (χ0v) is 12.0. The van der Waals surface area contributed by atoms with Crippen LogP contribution in [0.1, 0.15) is 0 Å². The Hall–Kier alpha value is -2.02. The summed E-state index contributed by atoms with van der Waals surface area (Å²) in [6.45, 7) is 0. The van der Waals surface area contributed by atoms with E-state index in [1.807, 2.05) is 4.98 Å². The Morgan fingerprint density at radius 1 is 0.950 bits per heavy atom. The van der Waals surface area contributed by atoms with Gasteiger partial charge in [-0.15, -0.1) is 0 Å². The molecule has 1 aromatic heterocycles. The third-order valence-electron chi connectivity index (χ3n) is 2.38. The quantitative estimate of drug-likeness (QED) is 0.328. The molecule has 0 saturated carbocycles. The van der Waals surface area contributed by atoms with Crippen LogP contribution in [0.2, 0.25) is 5.02 Å². The highest BCUT2D eigenvalue weighted by molar-refractivity contribution is 14.1. The SMILES string of the molecule is O=c1[nH]c2c(I)c([N+](=O)[O-])c(Cl)c([N+](=O)[O-])c2[nH]c1=O. The Morgan fingerprint density at radius 2 is 1.40 bits per heavy atom. The lowest BCUT2D eigenvalue weighted by Gasteiger charge is -2.05. The number of nitro groups is 2. The summed E-state index contributed by atoms with van der Waals surface area (Å²) in [7, 11) is 0. The molecular weight excluding hydrogens is 410 g/mol. The van der Waals surface area contributed by atoms with E-state index in [1.54, 1.807) is 0 Å². The number of rotatable bonds is 2. The van der Waals surface area contributed by atoms with Gasteiger partial charge >= 0.3 is 22.5 Å². The summed E-state index contributed by atoms with van der Waals surface area (Å²) in [6.07, 6.45) is 0. The highest BCUT2D eigenvalue weighted by Gasteiger charge is 2.32. The highest BCUT2D eigenvalue weighted by Crippen LogP contribution is 2.42. The zero-order chi connectivity index (χ0) is 15.2. The molecule has 10 nitrogen and oxygen atoms in total. The lowest BCUT2D eigenvalue weighted by Crippen LogP contribution is -2.29. The van der Waals surface area contributed by atoms with E-state index in [9.17, 15) is 29.8 Å². The van der Waals surface area contributed by atoms with Gasteiger partial charge in [-0.25, -0.2) is 0 Å². The molecule has 1 aromatic carbocycles. The third-order valence-corrected chi connectivity index (χ3v) is 3.79. The molecule has 0 unspecified atom stereocenters. The summed E-state index contributed by atoms with van der Waals surface area (Å²) < 4.78 is -0.119. The van der Waals surface area contributed by atoms with Crippen LogP contribution >= 0.6 is 34.2 Å². The van der Waals surface area contributed by atoms with Crippen LogP contribution < -0.4 is 11.1 Å². The number of nitro benzene ring substituents is 2. The maximum Gasteiger partial charge on any atom is 0.320 e. The van der Waals surface area contributed by atoms with Crippen molar-refractivity contribution in [1.82, 2.24) is 9.97 Å². The standard InChI is InChI=1S/C8H2ClIN4O6/c9-1-5(13(17)18)2(10)3-4(6(1)14(19)20)12-8(16)7(15)11-3/h(H,11,15)(H,12,16). The Balaban J connectivity index is 3.20. The van der Waals surface area contributed by atoms with Crippen molar-refractivity contribution in [1.29, 1.82) is 0 Å². The minimum atomic E-state index is -1.12. The van der Waals surface area contributed by atoms with Crippen molar-refractivity contribution in [3.8, 4) is 0 Å². The normalized spacial score (nSPS) is 10.7. The molecule has 0 bridgehead atoms. The van der Waals surface area contributed by atoms with Crippen LogP contribution in [-0.4, -0.2) is 19.8 Å². The smallest absolute Gasteiger partial charge is 0.315 e. The number of fused-ring (bicyclic) bond motifs is 1. The summed E-state index contributed by atoms with van der Waals surface area (Å²) in [4.78, 5) is 46.6. The monoisotopic (exact) mass is 412 g/mol. The topological polar surface area (TPSA) is 152 Å². The van der Waals surface area contributed by atoms with E-state index in [4.69, 9.17) is 11.6 Å². The lowest BCUT2D eigenvalue weighted by atomic mass is 10.2. The molecule has 0 aliphatic carbocycles. The average molecular weight is 412 g/mol. The molecule has 104 valence electrons. The molecule has 0 atom stereocenters. The van der Waals surface area contributed by atoms with Crippen molar-refractivity contribution in [3.63, 3.8) is 0 Å². The van der Waals surface area contributed by atoms with Gasteiger partial charge in [0.25, 0.3) is 0 Å². The Kier molecular flexibility index (Phi) is 3.47. The van der Waals surface area contributed by atoms with Gasteiger partial charge in [0.2, 0.25) is 0 Å². The Morgan fingerprint density at radius 3 is 1.85 bits per heavy atom. The number of aromatic nitrogens is 2. The van der Waals surface area contributed by atoms with Crippen molar-refractivity contribution in [2.75, 3.05) is 0 Å². The number of hydrogen-bond donors (Lipinski definition) is 2. The number of halogens is 2. The second-order valence-corrected chi connectivity index (χ2v) is 4.95. The van der Waals surface area contributed by atoms with E-state index in [0.29, 0.717) is 0 Å². The summed E-state index contributed by atoms with van der Waals surface area (Å²) in [6, 6.07) is 0. The predicted octanol–water partition coefficient (Wildman–Crippen LogP) is 1.29. The number of H-pyrrole nitrogens is 2. The fourth-order valence-corrected chi connectivity index (χ4v) is 2.93. The molecule has 12 heteroatoms. The van der Waals surface area contributed by atoms with E-state index >= 15 is 0 Å². The van der Waals surface area contributed by atoms with Gasteiger partial charge in [0.15, 0.2) is 5.02 Å². The molecule has 2 N–H and O–H groups in total. The molecule has 2 rings (SSSR count). The van der Waals surface area contributed by atoms with Crippen LogP contribution in [0.3, 0.4) is 0 Å². The first-order valence-corrected chi connectivity index (χ1v) is 6.17. The van der Waals surface area contributed by atoms with Crippen LogP contribution in [0.25, 0.3) is 11.0 Å². The van der Waals surface area contributed by atoms with E-state index in [0.717, 1.165) is 0 Å². The van der Waals surface area contributed by atoms with Crippen LogP contribution in [-0.2, 0) is 0 Å². The Labute approximate surface area is 126 Å². The van der Waals surface area contributed by atoms with Crippen molar-refractivity contribution in [2.24, 2.45) is 0 Å². The molecule has 0 saturated heterocycles. The number of nitrogens with one attached hydrogen (secondary N) is 2. The molecule has 0 aliphatic heterocycles. The van der Waals surface area contributed by atoms with Gasteiger partial charge in [0.05, 0.1) is 15.4 Å². The number of hydrogen-bond acceptors (Lipinski definition) is 6. The fourth-order valence-electron chi connectivity index (χ4n) is 1.58. The summed E-state index contributed by atoms with van der Waals surface area (Å²) >= 11 is 7.18. The summed E-state index contributed by atoms with van der Waals surface area (Å²) in [5, 5.41) is 21.2. The van der Waals surface area contributed by atoms with Gasteiger partial charge in [0, 0.05) is 0 Å². The van der Waals surface area contributed by atoms with Crippen LogP contribution in [0, 0.1) is 23.8 Å².